The summed E-state index contributed by atoms with van der Waals surface area (Å²) in [6.07, 6.45) is 0. The maximum Gasteiger partial charge on any atom is 0.142 e. The summed E-state index contributed by atoms with van der Waals surface area (Å²) >= 11 is 0. The third-order valence-electron chi connectivity index (χ3n) is 4.93. The first-order valence-corrected chi connectivity index (χ1v) is 7.96. The second-order valence-corrected chi connectivity index (χ2v) is 6.66. The number of nitrogens with zero attached hydrogens (tertiary/aromatic N) is 2. The van der Waals surface area contributed by atoms with Crippen molar-refractivity contribution in [1.29, 1.82) is 0 Å². The summed E-state index contributed by atoms with van der Waals surface area (Å²) < 4.78 is 5.96. The minimum absolute atomic E-state index is 0.0135. The highest BCUT2D eigenvalue weighted by Gasteiger charge is 2.48. The molecule has 0 N–H and O–H groups in total. The van der Waals surface area contributed by atoms with Crippen molar-refractivity contribution in [3.8, 4) is 5.75 Å². The summed E-state index contributed by atoms with van der Waals surface area (Å²) in [5.41, 5.74) is 2.57. The van der Waals surface area contributed by atoms with Gasteiger partial charge in [-0.1, -0.05) is 42.5 Å². The van der Waals surface area contributed by atoms with E-state index in [1.54, 1.807) is 0 Å². The van der Waals surface area contributed by atoms with E-state index in [4.69, 9.17) is 4.74 Å². The number of hydrogen-bond acceptors (Lipinski definition) is 3. The lowest BCUT2D eigenvalue weighted by Crippen LogP contribution is -2.52. The molecule has 0 aromatic heterocycles. The number of ether oxygens (including phenoxy) is 1. The van der Waals surface area contributed by atoms with Crippen LogP contribution in [-0.4, -0.2) is 29.8 Å². The third-order valence-corrected chi connectivity index (χ3v) is 4.93. The smallest absolute Gasteiger partial charge is 0.142 e. The molecule has 0 amide bonds. The quantitative estimate of drug-likeness (QED) is 0.843. The highest BCUT2D eigenvalue weighted by molar-refractivity contribution is 5.63. The molecule has 22 heavy (non-hydrogen) atoms. The van der Waals surface area contributed by atoms with Gasteiger partial charge in [0.25, 0.3) is 0 Å². The predicted molar refractivity (Wildman–Crippen MR) is 89.1 cm³/mol. The van der Waals surface area contributed by atoms with E-state index in [1.807, 2.05) is 6.07 Å². The van der Waals surface area contributed by atoms with E-state index in [0.717, 1.165) is 25.4 Å². The van der Waals surface area contributed by atoms with Crippen molar-refractivity contribution in [2.45, 2.75) is 32.1 Å². The number of fused-ring (bicyclic) bond motifs is 3. The monoisotopic (exact) mass is 294 g/mol. The van der Waals surface area contributed by atoms with E-state index in [-0.39, 0.29) is 5.66 Å². The number of hydrogen-bond donors (Lipinski definition) is 0. The van der Waals surface area contributed by atoms with Crippen LogP contribution in [0, 0.1) is 0 Å². The Morgan fingerprint density at radius 3 is 2.59 bits per heavy atom. The van der Waals surface area contributed by atoms with Gasteiger partial charge in [0.15, 0.2) is 0 Å². The van der Waals surface area contributed by atoms with Crippen LogP contribution in [0.25, 0.3) is 0 Å². The molecule has 1 unspecified atom stereocenters. The van der Waals surface area contributed by atoms with Gasteiger partial charge in [-0.15, -0.1) is 0 Å². The minimum atomic E-state index is -0.0135. The zero-order chi connectivity index (χ0) is 15.2. The molecule has 2 heterocycles. The second kappa shape index (κ2) is 5.03. The fourth-order valence-corrected chi connectivity index (χ4v) is 3.80. The molecule has 0 radical (unpaired) electrons. The molecule has 1 fully saturated rings. The standard InChI is InChI=1S/C19H22N2O/c1-19(2)20(12-15-8-4-3-5-9-15)13-16-14-22-18-11-7-6-10-17(18)21(16)19/h3-11,16H,12-14H2,1-2H3. The van der Waals surface area contributed by atoms with Gasteiger partial charge in [0, 0.05) is 13.1 Å². The van der Waals surface area contributed by atoms with Gasteiger partial charge in [0.05, 0.1) is 17.4 Å². The Morgan fingerprint density at radius 2 is 1.77 bits per heavy atom. The van der Waals surface area contributed by atoms with Crippen LogP contribution in [0.3, 0.4) is 0 Å². The van der Waals surface area contributed by atoms with Gasteiger partial charge in [-0.2, -0.15) is 0 Å². The maximum atomic E-state index is 5.96. The van der Waals surface area contributed by atoms with E-state index in [0.29, 0.717) is 6.04 Å². The summed E-state index contributed by atoms with van der Waals surface area (Å²) in [4.78, 5) is 5.09. The molecule has 3 nitrogen and oxygen atoms in total. The first-order chi connectivity index (χ1) is 10.7. The van der Waals surface area contributed by atoms with E-state index < -0.39 is 0 Å². The van der Waals surface area contributed by atoms with Crippen molar-refractivity contribution in [3.05, 3.63) is 60.2 Å². The molecule has 0 saturated carbocycles. The summed E-state index contributed by atoms with van der Waals surface area (Å²) in [5.74, 6) is 1.01. The molecule has 0 spiro atoms. The largest absolute Gasteiger partial charge is 0.489 e. The van der Waals surface area contributed by atoms with E-state index in [9.17, 15) is 0 Å². The van der Waals surface area contributed by atoms with Crippen molar-refractivity contribution >= 4 is 5.69 Å². The van der Waals surface area contributed by atoms with Crippen LogP contribution in [0.1, 0.15) is 19.4 Å². The zero-order valence-electron chi connectivity index (χ0n) is 13.2. The second-order valence-electron chi connectivity index (χ2n) is 6.66. The van der Waals surface area contributed by atoms with Crippen LogP contribution >= 0.6 is 0 Å². The van der Waals surface area contributed by atoms with Crippen LogP contribution in [0.5, 0.6) is 5.75 Å². The predicted octanol–water partition coefficient (Wildman–Crippen LogP) is 3.51. The Hall–Kier alpha value is -2.00. The van der Waals surface area contributed by atoms with Crippen LogP contribution in [0.15, 0.2) is 54.6 Å². The van der Waals surface area contributed by atoms with Gasteiger partial charge in [-0.05, 0) is 31.5 Å². The van der Waals surface area contributed by atoms with Crippen molar-refractivity contribution in [3.63, 3.8) is 0 Å². The molecule has 114 valence electrons. The molecule has 1 atom stereocenters. The van der Waals surface area contributed by atoms with E-state index in [2.05, 4.69) is 72.2 Å². The Labute approximate surface area is 132 Å². The van der Waals surface area contributed by atoms with Crippen LogP contribution in [0.4, 0.5) is 5.69 Å². The normalized spacial score (nSPS) is 22.8. The fourth-order valence-electron chi connectivity index (χ4n) is 3.80. The highest BCUT2D eigenvalue weighted by Crippen LogP contribution is 2.43. The first-order valence-electron chi connectivity index (χ1n) is 7.96. The summed E-state index contributed by atoms with van der Waals surface area (Å²) in [6, 6.07) is 19.5. The Morgan fingerprint density at radius 1 is 1.05 bits per heavy atom. The van der Waals surface area contributed by atoms with Crippen LogP contribution in [-0.2, 0) is 6.54 Å². The first kappa shape index (κ1) is 13.6. The average molecular weight is 294 g/mol. The molecule has 2 aromatic rings. The molecule has 2 aromatic carbocycles. The third kappa shape index (κ3) is 2.08. The summed E-state index contributed by atoms with van der Waals surface area (Å²) in [6.45, 7) is 7.42. The summed E-state index contributed by atoms with van der Waals surface area (Å²) in [5, 5.41) is 0. The van der Waals surface area contributed by atoms with Gasteiger partial charge in [0.2, 0.25) is 0 Å². The number of para-hydroxylation sites is 2. The molecule has 2 aliphatic rings. The van der Waals surface area contributed by atoms with Crippen molar-refractivity contribution in [1.82, 2.24) is 4.90 Å². The van der Waals surface area contributed by atoms with Gasteiger partial charge in [-0.25, -0.2) is 0 Å². The molecule has 2 aliphatic heterocycles. The lowest BCUT2D eigenvalue weighted by molar-refractivity contribution is 0.167. The fraction of sp³-hybridized carbons (Fsp3) is 0.368. The molecule has 4 rings (SSSR count). The van der Waals surface area contributed by atoms with Gasteiger partial charge >= 0.3 is 0 Å². The number of benzene rings is 2. The van der Waals surface area contributed by atoms with E-state index >= 15 is 0 Å². The topological polar surface area (TPSA) is 15.7 Å². The minimum Gasteiger partial charge on any atom is -0.489 e. The van der Waals surface area contributed by atoms with Gasteiger partial charge in [-0.3, -0.25) is 4.90 Å². The molecular weight excluding hydrogens is 272 g/mol. The molecular formula is C19H22N2O. The average Bonchev–Trinajstić information content (AvgIpc) is 2.79. The van der Waals surface area contributed by atoms with Crippen molar-refractivity contribution in [2.24, 2.45) is 0 Å². The van der Waals surface area contributed by atoms with Crippen LogP contribution in [0.2, 0.25) is 0 Å². The Balaban J connectivity index is 1.66. The molecule has 0 aliphatic carbocycles. The highest BCUT2D eigenvalue weighted by atomic mass is 16.5. The van der Waals surface area contributed by atoms with Crippen LogP contribution < -0.4 is 9.64 Å². The van der Waals surface area contributed by atoms with Crippen molar-refractivity contribution in [2.75, 3.05) is 18.1 Å². The number of rotatable bonds is 2. The Bertz CT molecular complexity index is 668. The molecule has 3 heteroatoms. The zero-order valence-corrected chi connectivity index (χ0v) is 13.2. The number of anilines is 1. The SMILES string of the molecule is CC1(C)N(Cc2ccccc2)CC2COc3ccccc3N21. The van der Waals surface area contributed by atoms with Gasteiger partial charge in [0.1, 0.15) is 12.4 Å². The lowest BCUT2D eigenvalue weighted by atomic mass is 10.1. The van der Waals surface area contributed by atoms with Gasteiger partial charge < -0.3 is 9.64 Å². The van der Waals surface area contributed by atoms with Crippen molar-refractivity contribution < 1.29 is 4.74 Å². The maximum absolute atomic E-state index is 5.96. The Kier molecular flexibility index (Phi) is 3.12. The molecule has 0 bridgehead atoms. The lowest BCUT2D eigenvalue weighted by Gasteiger charge is -2.43. The van der Waals surface area contributed by atoms with E-state index in [1.165, 1.54) is 11.3 Å². The summed E-state index contributed by atoms with van der Waals surface area (Å²) in [7, 11) is 0. The molecule has 1 saturated heterocycles.